The third kappa shape index (κ3) is 1.29. The van der Waals surface area contributed by atoms with Crippen LogP contribution in [0.4, 0.5) is 5.69 Å². The van der Waals surface area contributed by atoms with E-state index < -0.39 is 0 Å². The van der Waals surface area contributed by atoms with Crippen molar-refractivity contribution in [3.05, 3.63) is 21.7 Å². The van der Waals surface area contributed by atoms with E-state index in [4.69, 9.17) is 23.2 Å². The Morgan fingerprint density at radius 1 is 1.42 bits per heavy atom. The number of rotatable bonds is 0. The summed E-state index contributed by atoms with van der Waals surface area (Å²) in [5.74, 6) is 0. The van der Waals surface area contributed by atoms with Crippen LogP contribution in [0.2, 0.25) is 10.0 Å². The molecular formula is C7H5Cl2NS2. The van der Waals surface area contributed by atoms with E-state index in [-0.39, 0.29) is 0 Å². The molecule has 0 saturated carbocycles. The highest BCUT2D eigenvalue weighted by molar-refractivity contribution is 8.77. The monoisotopic (exact) mass is 237 g/mol. The van der Waals surface area contributed by atoms with E-state index in [1.807, 2.05) is 13.0 Å². The van der Waals surface area contributed by atoms with Gasteiger partial charge in [0.2, 0.25) is 0 Å². The highest BCUT2D eigenvalue weighted by atomic mass is 35.5. The van der Waals surface area contributed by atoms with Crippen molar-refractivity contribution in [1.29, 1.82) is 0 Å². The predicted octanol–water partition coefficient (Wildman–Crippen LogP) is 4.38. The van der Waals surface area contributed by atoms with Crippen LogP contribution in [0, 0.1) is 6.92 Å². The highest BCUT2D eigenvalue weighted by Crippen LogP contribution is 2.49. The van der Waals surface area contributed by atoms with Gasteiger partial charge in [0.15, 0.2) is 0 Å². The average Bonchev–Trinajstić information content (AvgIpc) is 2.48. The Morgan fingerprint density at radius 2 is 2.17 bits per heavy atom. The molecule has 0 fully saturated rings. The molecule has 2 rings (SSSR count). The minimum Gasteiger partial charge on any atom is -0.319 e. The van der Waals surface area contributed by atoms with Gasteiger partial charge >= 0.3 is 0 Å². The van der Waals surface area contributed by atoms with Gasteiger partial charge in [-0.15, -0.1) is 0 Å². The first-order chi connectivity index (χ1) is 5.70. The lowest BCUT2D eigenvalue weighted by atomic mass is 10.2. The molecule has 12 heavy (non-hydrogen) atoms. The molecule has 1 aromatic carbocycles. The number of fused-ring (bicyclic) bond motifs is 1. The van der Waals surface area contributed by atoms with Gasteiger partial charge in [0.1, 0.15) is 0 Å². The lowest BCUT2D eigenvalue weighted by Gasteiger charge is -2.05. The van der Waals surface area contributed by atoms with Crippen LogP contribution in [-0.4, -0.2) is 0 Å². The first-order valence-corrected chi connectivity index (χ1v) is 6.19. The molecule has 1 heterocycles. The van der Waals surface area contributed by atoms with Crippen molar-refractivity contribution in [3.8, 4) is 0 Å². The Kier molecular flexibility index (Phi) is 2.38. The van der Waals surface area contributed by atoms with Gasteiger partial charge in [0.05, 0.1) is 15.7 Å². The molecule has 64 valence electrons. The van der Waals surface area contributed by atoms with Crippen LogP contribution >= 0.6 is 45.0 Å². The standard InChI is InChI=1S/C7H5Cl2NS2/c1-3-6(9)4(8)2-5-7(3)10-12-11-5/h2,10H,1H3. The van der Waals surface area contributed by atoms with E-state index in [9.17, 15) is 0 Å². The van der Waals surface area contributed by atoms with E-state index >= 15 is 0 Å². The van der Waals surface area contributed by atoms with Crippen molar-refractivity contribution in [2.24, 2.45) is 0 Å². The fourth-order valence-corrected chi connectivity index (χ4v) is 3.52. The van der Waals surface area contributed by atoms with Gasteiger partial charge < -0.3 is 4.72 Å². The second-order valence-electron chi connectivity index (χ2n) is 2.44. The topological polar surface area (TPSA) is 12.0 Å². The van der Waals surface area contributed by atoms with Gasteiger partial charge in [-0.05, 0) is 29.3 Å². The summed E-state index contributed by atoms with van der Waals surface area (Å²) in [6.07, 6.45) is 0. The molecule has 1 aliphatic rings. The lowest BCUT2D eigenvalue weighted by Crippen LogP contribution is -1.86. The predicted molar refractivity (Wildman–Crippen MR) is 58.3 cm³/mol. The number of nitrogens with one attached hydrogen (secondary N) is 1. The minimum atomic E-state index is 0.629. The van der Waals surface area contributed by atoms with Crippen LogP contribution < -0.4 is 4.72 Å². The summed E-state index contributed by atoms with van der Waals surface area (Å²) in [5.41, 5.74) is 2.12. The summed E-state index contributed by atoms with van der Waals surface area (Å²) in [5, 5.41) is 1.27. The third-order valence-corrected chi connectivity index (χ3v) is 4.49. The van der Waals surface area contributed by atoms with E-state index in [0.717, 1.165) is 16.1 Å². The number of hydrogen-bond donors (Lipinski definition) is 1. The second kappa shape index (κ2) is 3.22. The number of hydrogen-bond acceptors (Lipinski definition) is 3. The van der Waals surface area contributed by atoms with E-state index in [1.54, 1.807) is 21.8 Å². The van der Waals surface area contributed by atoms with Crippen molar-refractivity contribution in [3.63, 3.8) is 0 Å². The largest absolute Gasteiger partial charge is 0.319 e. The molecule has 0 aromatic heterocycles. The minimum absolute atomic E-state index is 0.629. The zero-order valence-corrected chi connectivity index (χ0v) is 9.29. The maximum Gasteiger partial charge on any atom is 0.0643 e. The third-order valence-electron chi connectivity index (χ3n) is 1.69. The fourth-order valence-electron chi connectivity index (χ4n) is 1.02. The first-order valence-electron chi connectivity index (χ1n) is 3.28. The average molecular weight is 238 g/mol. The van der Waals surface area contributed by atoms with Gasteiger partial charge in [0, 0.05) is 15.9 Å². The number of halogens is 2. The summed E-state index contributed by atoms with van der Waals surface area (Å²) < 4.78 is 3.17. The maximum atomic E-state index is 5.97. The Bertz CT molecular complexity index is 341. The van der Waals surface area contributed by atoms with Crippen LogP contribution in [-0.2, 0) is 0 Å². The van der Waals surface area contributed by atoms with Crippen LogP contribution in [0.1, 0.15) is 5.56 Å². The van der Waals surface area contributed by atoms with Crippen molar-refractivity contribution in [2.75, 3.05) is 4.72 Å². The smallest absolute Gasteiger partial charge is 0.0643 e. The zero-order chi connectivity index (χ0) is 8.72. The molecule has 1 aliphatic heterocycles. The summed E-state index contributed by atoms with van der Waals surface area (Å²) in [7, 11) is 3.25. The Balaban J connectivity index is 2.67. The Morgan fingerprint density at radius 3 is 2.92 bits per heavy atom. The molecule has 0 atom stereocenters. The van der Waals surface area contributed by atoms with Crippen LogP contribution in [0.15, 0.2) is 11.0 Å². The lowest BCUT2D eigenvalue weighted by molar-refractivity contribution is 1.38. The highest BCUT2D eigenvalue weighted by Gasteiger charge is 2.18. The normalized spacial score (nSPS) is 14.2. The van der Waals surface area contributed by atoms with Crippen LogP contribution in [0.3, 0.4) is 0 Å². The Hall–Kier alpha value is 0.300. The van der Waals surface area contributed by atoms with Gasteiger partial charge in [-0.3, -0.25) is 0 Å². The van der Waals surface area contributed by atoms with Gasteiger partial charge in [0.25, 0.3) is 0 Å². The molecule has 0 radical (unpaired) electrons. The van der Waals surface area contributed by atoms with Gasteiger partial charge in [-0.1, -0.05) is 23.2 Å². The molecule has 0 aliphatic carbocycles. The zero-order valence-electron chi connectivity index (χ0n) is 6.15. The van der Waals surface area contributed by atoms with Gasteiger partial charge in [-0.25, -0.2) is 0 Å². The summed E-state index contributed by atoms with van der Waals surface area (Å²) in [6, 6.07) is 1.89. The molecule has 1 nitrogen and oxygen atoms in total. The van der Waals surface area contributed by atoms with Crippen molar-refractivity contribution >= 4 is 50.7 Å². The fraction of sp³-hybridized carbons (Fsp3) is 0.143. The summed E-state index contributed by atoms with van der Waals surface area (Å²) in [4.78, 5) is 1.16. The molecule has 0 unspecified atom stereocenters. The number of benzene rings is 1. The SMILES string of the molecule is Cc1c(Cl)c(Cl)cc2c1NSS2. The molecular weight excluding hydrogens is 233 g/mol. The van der Waals surface area contributed by atoms with E-state index in [2.05, 4.69) is 4.72 Å². The summed E-state index contributed by atoms with van der Waals surface area (Å²) in [6.45, 7) is 1.96. The summed E-state index contributed by atoms with van der Waals surface area (Å²) >= 11 is 11.9. The van der Waals surface area contributed by atoms with Crippen molar-refractivity contribution < 1.29 is 0 Å². The van der Waals surface area contributed by atoms with E-state index in [1.165, 1.54) is 0 Å². The quantitative estimate of drug-likeness (QED) is 0.532. The molecule has 0 spiro atoms. The van der Waals surface area contributed by atoms with Crippen molar-refractivity contribution in [2.45, 2.75) is 11.8 Å². The molecule has 0 amide bonds. The van der Waals surface area contributed by atoms with Crippen LogP contribution in [0.25, 0.3) is 0 Å². The Labute approximate surface area is 88.7 Å². The van der Waals surface area contributed by atoms with E-state index in [0.29, 0.717) is 10.0 Å². The van der Waals surface area contributed by atoms with Crippen molar-refractivity contribution in [1.82, 2.24) is 0 Å². The van der Waals surface area contributed by atoms with Crippen LogP contribution in [0.5, 0.6) is 0 Å². The number of anilines is 1. The molecule has 1 aromatic rings. The molecule has 0 saturated heterocycles. The van der Waals surface area contributed by atoms with Gasteiger partial charge in [-0.2, -0.15) is 0 Å². The maximum absolute atomic E-state index is 5.97. The second-order valence-corrected chi connectivity index (χ2v) is 5.20. The molecule has 5 heteroatoms. The first kappa shape index (κ1) is 8.88. The molecule has 1 N–H and O–H groups in total. The molecule has 0 bridgehead atoms.